The third kappa shape index (κ3) is 1.80. The van der Waals surface area contributed by atoms with Gasteiger partial charge in [-0.3, -0.25) is 9.20 Å². The average molecular weight is 349 g/mol. The summed E-state index contributed by atoms with van der Waals surface area (Å²) in [7, 11) is 0. The van der Waals surface area contributed by atoms with E-state index in [0.717, 1.165) is 15.4 Å². The first-order chi connectivity index (χ1) is 8.79. The first-order valence-electron chi connectivity index (χ1n) is 5.34. The third-order valence-corrected chi connectivity index (χ3v) is 3.39. The van der Waals surface area contributed by atoms with Crippen LogP contribution in [0.25, 0.3) is 17.0 Å². The first-order valence-corrected chi connectivity index (χ1v) is 6.41. The van der Waals surface area contributed by atoms with Gasteiger partial charge in [-0.2, -0.15) is 0 Å². The summed E-state index contributed by atoms with van der Waals surface area (Å²) in [5, 5.41) is 0. The van der Waals surface area contributed by atoms with Crippen molar-refractivity contribution in [3.05, 3.63) is 52.0 Å². The predicted molar refractivity (Wildman–Crippen MR) is 76.5 cm³/mol. The Morgan fingerprint density at radius 1 is 1.22 bits per heavy atom. The molecule has 0 saturated carbocycles. The fraction of sp³-hybridized carbons (Fsp3) is 0. The number of carbonyl (C=O) groups is 1. The molecule has 0 unspecified atom stereocenters. The van der Waals surface area contributed by atoms with Gasteiger partial charge in [0.2, 0.25) is 5.78 Å². The second-order valence-corrected chi connectivity index (χ2v) is 5.01. The molecule has 0 aliphatic heterocycles. The fourth-order valence-corrected chi connectivity index (χ4v) is 2.20. The molecule has 3 aromatic rings. The summed E-state index contributed by atoms with van der Waals surface area (Å²) in [6.45, 7) is 0. The van der Waals surface area contributed by atoms with Gasteiger partial charge in [-0.15, -0.1) is 0 Å². The van der Waals surface area contributed by atoms with Crippen molar-refractivity contribution in [2.45, 2.75) is 0 Å². The van der Waals surface area contributed by atoms with Crippen LogP contribution in [0.2, 0.25) is 0 Å². The number of aldehydes is 1. The first kappa shape index (κ1) is 11.3. The minimum Gasteiger partial charge on any atom is -0.296 e. The van der Waals surface area contributed by atoms with Crippen LogP contribution in [-0.2, 0) is 0 Å². The largest absolute Gasteiger partial charge is 0.296 e. The Bertz CT molecular complexity index is 719. The van der Waals surface area contributed by atoms with Crippen LogP contribution in [0.1, 0.15) is 10.5 Å². The summed E-state index contributed by atoms with van der Waals surface area (Å²) in [5.41, 5.74) is 2.11. The van der Waals surface area contributed by atoms with E-state index in [-0.39, 0.29) is 0 Å². The molecular weight excluding hydrogens is 341 g/mol. The van der Waals surface area contributed by atoms with Crippen molar-refractivity contribution in [3.8, 4) is 11.3 Å². The maximum absolute atomic E-state index is 11.3. The Morgan fingerprint density at radius 2 is 2.00 bits per heavy atom. The predicted octanol–water partition coefficient (Wildman–Crippen LogP) is 2.81. The van der Waals surface area contributed by atoms with Crippen LogP contribution in [-0.4, -0.2) is 20.7 Å². The summed E-state index contributed by atoms with van der Waals surface area (Å²) in [6.07, 6.45) is 4.26. The molecule has 0 radical (unpaired) electrons. The van der Waals surface area contributed by atoms with Crippen molar-refractivity contribution in [2.24, 2.45) is 0 Å². The molecule has 0 spiro atoms. The van der Waals surface area contributed by atoms with Gasteiger partial charge in [-0.25, -0.2) is 9.97 Å². The highest BCUT2D eigenvalue weighted by atomic mass is 127. The second kappa shape index (κ2) is 4.49. The van der Waals surface area contributed by atoms with E-state index < -0.39 is 0 Å². The fourth-order valence-electron chi connectivity index (χ4n) is 1.84. The normalized spacial score (nSPS) is 10.7. The molecule has 18 heavy (non-hydrogen) atoms. The number of nitrogens with zero attached hydrogens (tertiary/aromatic N) is 3. The molecule has 2 aromatic heterocycles. The Labute approximate surface area is 117 Å². The zero-order valence-electron chi connectivity index (χ0n) is 9.25. The van der Waals surface area contributed by atoms with E-state index in [1.54, 1.807) is 22.9 Å². The maximum atomic E-state index is 11.3. The van der Waals surface area contributed by atoms with Crippen LogP contribution in [0.5, 0.6) is 0 Å². The minimum absolute atomic E-state index is 0.527. The quantitative estimate of drug-likeness (QED) is 0.528. The number of hydrogen-bond acceptors (Lipinski definition) is 3. The van der Waals surface area contributed by atoms with Crippen LogP contribution in [0.15, 0.2) is 42.7 Å². The SMILES string of the molecule is O=Cc1c(-c2ccc(I)cc2)nc2ncccn12. The lowest BCUT2D eigenvalue weighted by molar-refractivity contribution is 0.111. The van der Waals surface area contributed by atoms with Gasteiger partial charge < -0.3 is 0 Å². The number of fused-ring (bicyclic) bond motifs is 1. The van der Waals surface area contributed by atoms with Gasteiger partial charge in [0.05, 0.1) is 0 Å². The highest BCUT2D eigenvalue weighted by Crippen LogP contribution is 2.23. The lowest BCUT2D eigenvalue weighted by Crippen LogP contribution is -1.92. The highest BCUT2D eigenvalue weighted by molar-refractivity contribution is 14.1. The maximum Gasteiger partial charge on any atom is 0.234 e. The molecule has 0 aliphatic carbocycles. The molecule has 0 N–H and O–H groups in total. The van der Waals surface area contributed by atoms with Crippen molar-refractivity contribution in [1.82, 2.24) is 14.4 Å². The third-order valence-electron chi connectivity index (χ3n) is 2.67. The van der Waals surface area contributed by atoms with Gasteiger partial charge in [0.25, 0.3) is 0 Å². The summed E-state index contributed by atoms with van der Waals surface area (Å²) in [4.78, 5) is 19.8. The molecule has 4 nitrogen and oxygen atoms in total. The van der Waals surface area contributed by atoms with Crippen molar-refractivity contribution in [1.29, 1.82) is 0 Å². The van der Waals surface area contributed by atoms with Gasteiger partial charge in [0.1, 0.15) is 11.4 Å². The Hall–Kier alpha value is -1.76. The molecule has 0 atom stereocenters. The summed E-state index contributed by atoms with van der Waals surface area (Å²) >= 11 is 2.24. The van der Waals surface area contributed by atoms with Gasteiger partial charge in [0.15, 0.2) is 6.29 Å². The molecule has 0 saturated heterocycles. The van der Waals surface area contributed by atoms with Gasteiger partial charge in [-0.1, -0.05) is 12.1 Å². The van der Waals surface area contributed by atoms with E-state index in [1.807, 2.05) is 24.3 Å². The van der Waals surface area contributed by atoms with Crippen LogP contribution in [0.3, 0.4) is 0 Å². The second-order valence-electron chi connectivity index (χ2n) is 3.76. The molecule has 5 heteroatoms. The van der Waals surface area contributed by atoms with E-state index in [9.17, 15) is 4.79 Å². The van der Waals surface area contributed by atoms with Crippen LogP contribution in [0, 0.1) is 3.57 Å². The molecule has 0 fully saturated rings. The smallest absolute Gasteiger partial charge is 0.234 e. The Kier molecular flexibility index (Phi) is 2.83. The van der Waals surface area contributed by atoms with Crippen LogP contribution >= 0.6 is 22.6 Å². The van der Waals surface area contributed by atoms with Crippen molar-refractivity contribution in [2.75, 3.05) is 0 Å². The average Bonchev–Trinajstić information content (AvgIpc) is 2.78. The van der Waals surface area contributed by atoms with Gasteiger partial charge in [-0.05, 0) is 40.8 Å². The molecule has 0 amide bonds. The molecular formula is C13H8IN3O. The van der Waals surface area contributed by atoms with Crippen molar-refractivity contribution < 1.29 is 4.79 Å². The van der Waals surface area contributed by atoms with Crippen molar-refractivity contribution >= 4 is 34.7 Å². The molecule has 2 heterocycles. The van der Waals surface area contributed by atoms with E-state index in [2.05, 4.69) is 32.6 Å². The number of aromatic nitrogens is 3. The zero-order valence-corrected chi connectivity index (χ0v) is 11.4. The zero-order chi connectivity index (χ0) is 12.5. The number of imidazole rings is 1. The molecule has 1 aromatic carbocycles. The number of benzene rings is 1. The standard InChI is InChI=1S/C13H8IN3O/c14-10-4-2-9(3-5-10)12-11(8-18)17-7-1-6-15-13(17)16-12/h1-8H. The molecule has 88 valence electrons. The summed E-state index contributed by atoms with van der Waals surface area (Å²) in [6, 6.07) is 9.66. The lowest BCUT2D eigenvalue weighted by Gasteiger charge is -1.98. The number of rotatable bonds is 2. The van der Waals surface area contributed by atoms with Gasteiger partial charge >= 0.3 is 0 Å². The topological polar surface area (TPSA) is 47.3 Å². The van der Waals surface area contributed by atoms with Crippen molar-refractivity contribution in [3.63, 3.8) is 0 Å². The molecule has 3 rings (SSSR count). The monoisotopic (exact) mass is 349 g/mol. The van der Waals surface area contributed by atoms with E-state index in [1.165, 1.54) is 0 Å². The minimum atomic E-state index is 0.527. The summed E-state index contributed by atoms with van der Waals surface area (Å²) < 4.78 is 2.84. The number of hydrogen-bond donors (Lipinski definition) is 0. The number of carbonyl (C=O) groups excluding carboxylic acids is 1. The van der Waals surface area contributed by atoms with E-state index >= 15 is 0 Å². The van der Waals surface area contributed by atoms with E-state index in [4.69, 9.17) is 0 Å². The Balaban J connectivity index is 2.28. The highest BCUT2D eigenvalue weighted by Gasteiger charge is 2.13. The van der Waals surface area contributed by atoms with Crippen LogP contribution in [0.4, 0.5) is 0 Å². The lowest BCUT2D eigenvalue weighted by atomic mass is 10.1. The molecule has 0 bridgehead atoms. The molecule has 0 aliphatic rings. The number of halogens is 1. The van der Waals surface area contributed by atoms with Gasteiger partial charge in [0, 0.05) is 21.5 Å². The van der Waals surface area contributed by atoms with Crippen LogP contribution < -0.4 is 0 Å². The Morgan fingerprint density at radius 3 is 2.72 bits per heavy atom. The van der Waals surface area contributed by atoms with E-state index in [0.29, 0.717) is 17.2 Å². The summed E-state index contributed by atoms with van der Waals surface area (Å²) in [5.74, 6) is 0.535.